The summed E-state index contributed by atoms with van der Waals surface area (Å²) in [6, 6.07) is 9.36. The number of fused-ring (bicyclic) bond motifs is 1. The van der Waals surface area contributed by atoms with Gasteiger partial charge in [-0.1, -0.05) is 18.2 Å². The van der Waals surface area contributed by atoms with Gasteiger partial charge in [0, 0.05) is 6.07 Å². The summed E-state index contributed by atoms with van der Waals surface area (Å²) >= 11 is 0. The Bertz CT molecular complexity index is 622. The standard InChI is InChI=1S/C16H15F2NO/c1-19-16(12-5-14(17)7-15(18)6-12)10-2-3-11-8-20-9-13(11)4-10/h2-7,16,19H,8-9H2,1H3. The third-order valence-corrected chi connectivity index (χ3v) is 3.59. The van der Waals surface area contributed by atoms with E-state index >= 15 is 0 Å². The molecule has 1 atom stereocenters. The fraction of sp³-hybridized carbons (Fsp3) is 0.250. The van der Waals surface area contributed by atoms with Crippen molar-refractivity contribution in [2.24, 2.45) is 0 Å². The van der Waals surface area contributed by atoms with Crippen molar-refractivity contribution in [1.29, 1.82) is 0 Å². The second-order valence-electron chi connectivity index (χ2n) is 4.95. The molecule has 4 heteroatoms. The number of hydrogen-bond donors (Lipinski definition) is 1. The minimum absolute atomic E-state index is 0.244. The van der Waals surface area contributed by atoms with Gasteiger partial charge in [-0.25, -0.2) is 8.78 Å². The normalized spacial score (nSPS) is 15.2. The number of rotatable bonds is 3. The second kappa shape index (κ2) is 5.31. The maximum Gasteiger partial charge on any atom is 0.126 e. The summed E-state index contributed by atoms with van der Waals surface area (Å²) < 4.78 is 32.1. The first-order chi connectivity index (χ1) is 9.67. The zero-order chi connectivity index (χ0) is 14.1. The third kappa shape index (κ3) is 2.44. The highest BCUT2D eigenvalue weighted by Crippen LogP contribution is 2.28. The van der Waals surface area contributed by atoms with Crippen molar-refractivity contribution in [2.75, 3.05) is 7.05 Å². The quantitative estimate of drug-likeness (QED) is 0.928. The van der Waals surface area contributed by atoms with Crippen molar-refractivity contribution in [2.45, 2.75) is 19.3 Å². The lowest BCUT2D eigenvalue weighted by atomic mass is 9.95. The summed E-state index contributed by atoms with van der Waals surface area (Å²) in [7, 11) is 1.78. The van der Waals surface area contributed by atoms with Gasteiger partial charge in [0.15, 0.2) is 0 Å². The first-order valence-electron chi connectivity index (χ1n) is 6.50. The molecule has 2 aromatic carbocycles. The van der Waals surface area contributed by atoms with E-state index < -0.39 is 11.6 Å². The van der Waals surface area contributed by atoms with Gasteiger partial charge in [0.05, 0.1) is 19.3 Å². The van der Waals surface area contributed by atoms with Crippen LogP contribution in [0.1, 0.15) is 28.3 Å². The molecule has 0 saturated carbocycles. The summed E-state index contributed by atoms with van der Waals surface area (Å²) in [5, 5.41) is 3.11. The molecule has 0 radical (unpaired) electrons. The maximum absolute atomic E-state index is 13.4. The van der Waals surface area contributed by atoms with Crippen molar-refractivity contribution in [1.82, 2.24) is 5.32 Å². The van der Waals surface area contributed by atoms with Crippen molar-refractivity contribution >= 4 is 0 Å². The van der Waals surface area contributed by atoms with Gasteiger partial charge >= 0.3 is 0 Å². The topological polar surface area (TPSA) is 21.3 Å². The molecule has 20 heavy (non-hydrogen) atoms. The van der Waals surface area contributed by atoms with E-state index in [1.165, 1.54) is 17.7 Å². The van der Waals surface area contributed by atoms with E-state index in [2.05, 4.69) is 5.32 Å². The maximum atomic E-state index is 13.4. The molecule has 2 aromatic rings. The second-order valence-corrected chi connectivity index (χ2v) is 4.95. The number of benzene rings is 2. The highest BCUT2D eigenvalue weighted by molar-refractivity contribution is 5.39. The molecule has 1 aliphatic heterocycles. The number of hydrogen-bond acceptors (Lipinski definition) is 2. The average Bonchev–Trinajstić information content (AvgIpc) is 2.86. The van der Waals surface area contributed by atoms with Crippen LogP contribution in [0.4, 0.5) is 8.78 Å². The fourth-order valence-corrected chi connectivity index (χ4v) is 2.64. The molecule has 3 rings (SSSR count). The molecule has 1 heterocycles. The Balaban J connectivity index is 2.01. The van der Waals surface area contributed by atoms with Crippen molar-refractivity contribution in [3.8, 4) is 0 Å². The molecular weight excluding hydrogens is 260 g/mol. The lowest BCUT2D eigenvalue weighted by molar-refractivity contribution is 0.134. The molecule has 0 aromatic heterocycles. The Morgan fingerprint density at radius 3 is 2.35 bits per heavy atom. The number of nitrogens with one attached hydrogen (secondary N) is 1. The van der Waals surface area contributed by atoms with Gasteiger partial charge in [-0.15, -0.1) is 0 Å². The summed E-state index contributed by atoms with van der Waals surface area (Å²) in [6.45, 7) is 1.23. The predicted octanol–water partition coefficient (Wildman–Crippen LogP) is 3.30. The minimum atomic E-state index is -0.565. The van der Waals surface area contributed by atoms with Crippen LogP contribution in [-0.2, 0) is 18.0 Å². The molecule has 104 valence electrons. The SMILES string of the molecule is CNC(c1cc(F)cc(F)c1)c1ccc2c(c1)COC2. The van der Waals surface area contributed by atoms with Crippen LogP contribution < -0.4 is 5.32 Å². The first kappa shape index (κ1) is 13.2. The average molecular weight is 275 g/mol. The van der Waals surface area contributed by atoms with E-state index in [1.807, 2.05) is 18.2 Å². The summed E-state index contributed by atoms with van der Waals surface area (Å²) in [4.78, 5) is 0. The molecule has 0 amide bonds. The smallest absolute Gasteiger partial charge is 0.126 e. The molecule has 0 fully saturated rings. The summed E-state index contributed by atoms with van der Waals surface area (Å²) in [5.74, 6) is -1.13. The van der Waals surface area contributed by atoms with Gasteiger partial charge in [-0.3, -0.25) is 0 Å². The summed E-state index contributed by atoms with van der Waals surface area (Å²) in [6.07, 6.45) is 0. The lowest BCUT2D eigenvalue weighted by Crippen LogP contribution is -2.18. The molecule has 1 aliphatic rings. The van der Waals surface area contributed by atoms with Gasteiger partial charge in [-0.05, 0) is 41.4 Å². The first-order valence-corrected chi connectivity index (χ1v) is 6.50. The van der Waals surface area contributed by atoms with Crippen LogP contribution in [0.25, 0.3) is 0 Å². The Labute approximate surface area is 116 Å². The van der Waals surface area contributed by atoms with Crippen LogP contribution in [0, 0.1) is 11.6 Å². The van der Waals surface area contributed by atoms with E-state index in [9.17, 15) is 8.78 Å². The van der Waals surface area contributed by atoms with Crippen LogP contribution in [0.5, 0.6) is 0 Å². The summed E-state index contributed by atoms with van der Waals surface area (Å²) in [5.41, 5.74) is 3.86. The predicted molar refractivity (Wildman–Crippen MR) is 72.2 cm³/mol. The highest BCUT2D eigenvalue weighted by atomic mass is 19.1. The molecule has 2 nitrogen and oxygen atoms in total. The molecule has 0 aliphatic carbocycles. The van der Waals surface area contributed by atoms with Crippen LogP contribution >= 0.6 is 0 Å². The lowest BCUT2D eigenvalue weighted by Gasteiger charge is -2.18. The Hall–Kier alpha value is -1.78. The molecule has 0 spiro atoms. The monoisotopic (exact) mass is 275 g/mol. The van der Waals surface area contributed by atoms with E-state index in [1.54, 1.807) is 7.05 Å². The van der Waals surface area contributed by atoms with Crippen molar-refractivity contribution in [3.05, 3.63) is 70.3 Å². The molecule has 0 saturated heterocycles. The zero-order valence-electron chi connectivity index (χ0n) is 11.1. The minimum Gasteiger partial charge on any atom is -0.372 e. The molecule has 1 N–H and O–H groups in total. The van der Waals surface area contributed by atoms with Crippen LogP contribution in [0.2, 0.25) is 0 Å². The number of halogens is 2. The van der Waals surface area contributed by atoms with Gasteiger partial charge in [0.1, 0.15) is 11.6 Å². The van der Waals surface area contributed by atoms with Crippen LogP contribution in [-0.4, -0.2) is 7.05 Å². The Kier molecular flexibility index (Phi) is 3.51. The fourth-order valence-electron chi connectivity index (χ4n) is 2.64. The van der Waals surface area contributed by atoms with Crippen molar-refractivity contribution < 1.29 is 13.5 Å². The van der Waals surface area contributed by atoms with Gasteiger partial charge in [0.2, 0.25) is 0 Å². The third-order valence-electron chi connectivity index (χ3n) is 3.59. The zero-order valence-corrected chi connectivity index (χ0v) is 11.1. The molecule has 1 unspecified atom stereocenters. The largest absolute Gasteiger partial charge is 0.372 e. The van der Waals surface area contributed by atoms with Crippen LogP contribution in [0.15, 0.2) is 36.4 Å². The van der Waals surface area contributed by atoms with E-state index in [-0.39, 0.29) is 6.04 Å². The van der Waals surface area contributed by atoms with Crippen LogP contribution in [0.3, 0.4) is 0 Å². The van der Waals surface area contributed by atoms with Gasteiger partial charge < -0.3 is 10.1 Å². The van der Waals surface area contributed by atoms with E-state index in [0.29, 0.717) is 18.8 Å². The molecule has 0 bridgehead atoms. The molecular formula is C16H15F2NO. The van der Waals surface area contributed by atoms with E-state index in [4.69, 9.17) is 4.74 Å². The number of ether oxygens (including phenoxy) is 1. The Morgan fingerprint density at radius 2 is 1.65 bits per heavy atom. The van der Waals surface area contributed by atoms with Gasteiger partial charge in [-0.2, -0.15) is 0 Å². The van der Waals surface area contributed by atoms with Gasteiger partial charge in [0.25, 0.3) is 0 Å². The van der Waals surface area contributed by atoms with Crippen molar-refractivity contribution in [3.63, 3.8) is 0 Å². The Morgan fingerprint density at radius 1 is 0.950 bits per heavy atom. The highest BCUT2D eigenvalue weighted by Gasteiger charge is 2.18. The van der Waals surface area contributed by atoms with E-state index in [0.717, 1.165) is 17.2 Å².